The average Bonchev–Trinajstić information content (AvgIpc) is 2.47. The van der Waals surface area contributed by atoms with Gasteiger partial charge < -0.3 is 15.8 Å². The van der Waals surface area contributed by atoms with E-state index >= 15 is 0 Å². The van der Waals surface area contributed by atoms with Crippen LogP contribution in [0.25, 0.3) is 0 Å². The van der Waals surface area contributed by atoms with Crippen molar-refractivity contribution in [1.82, 2.24) is 5.32 Å². The zero-order chi connectivity index (χ0) is 15.0. The molecule has 0 atom stereocenters. The molecule has 20 heavy (non-hydrogen) atoms. The van der Waals surface area contributed by atoms with E-state index < -0.39 is 5.82 Å². The molecule has 1 amide bonds. The van der Waals surface area contributed by atoms with E-state index in [-0.39, 0.29) is 30.2 Å². The first-order valence-electron chi connectivity index (χ1n) is 6.93. The lowest BCUT2D eigenvalue weighted by atomic mass is 9.94. The molecule has 0 aliphatic heterocycles. The number of rotatable bonds is 8. The van der Waals surface area contributed by atoms with Crippen molar-refractivity contribution in [3.05, 3.63) is 30.1 Å². The third kappa shape index (κ3) is 5.17. The molecule has 0 saturated carbocycles. The van der Waals surface area contributed by atoms with Gasteiger partial charge >= 0.3 is 0 Å². The summed E-state index contributed by atoms with van der Waals surface area (Å²) in [6.45, 7) is 4.58. The number of amides is 1. The van der Waals surface area contributed by atoms with E-state index in [1.807, 2.05) is 13.8 Å². The Labute approximate surface area is 119 Å². The molecule has 5 heteroatoms. The van der Waals surface area contributed by atoms with Crippen molar-refractivity contribution in [2.45, 2.75) is 38.6 Å². The Bertz CT molecular complexity index is 434. The van der Waals surface area contributed by atoms with Crippen molar-refractivity contribution in [2.24, 2.45) is 5.73 Å². The second kappa shape index (κ2) is 7.85. The number of benzene rings is 1. The number of ether oxygens (including phenoxy) is 1. The highest BCUT2D eigenvalue weighted by Gasteiger charge is 2.20. The van der Waals surface area contributed by atoms with Gasteiger partial charge in [-0.3, -0.25) is 4.79 Å². The Morgan fingerprint density at radius 3 is 2.60 bits per heavy atom. The predicted octanol–water partition coefficient (Wildman–Crippen LogP) is 2.23. The topological polar surface area (TPSA) is 64.3 Å². The van der Waals surface area contributed by atoms with Gasteiger partial charge in [0.05, 0.1) is 13.0 Å². The summed E-state index contributed by atoms with van der Waals surface area (Å²) in [5, 5.41) is 2.79. The van der Waals surface area contributed by atoms with Gasteiger partial charge in [0.1, 0.15) is 0 Å². The molecule has 0 fully saturated rings. The number of para-hydroxylation sites is 1. The lowest BCUT2D eigenvalue weighted by Gasteiger charge is -2.26. The quantitative estimate of drug-likeness (QED) is 0.768. The van der Waals surface area contributed by atoms with E-state index in [0.717, 1.165) is 12.8 Å². The molecule has 0 bridgehead atoms. The van der Waals surface area contributed by atoms with Crippen LogP contribution in [0.1, 0.15) is 33.1 Å². The SMILES string of the molecule is CCC(N)(CC)CNC(=O)CCOc1ccccc1F. The number of halogens is 1. The molecule has 0 spiro atoms. The molecule has 0 radical (unpaired) electrons. The van der Waals surface area contributed by atoms with Crippen LogP contribution in [0.4, 0.5) is 4.39 Å². The van der Waals surface area contributed by atoms with Crippen molar-refractivity contribution in [3.8, 4) is 5.75 Å². The number of nitrogens with one attached hydrogen (secondary N) is 1. The summed E-state index contributed by atoms with van der Waals surface area (Å²) in [6.07, 6.45) is 1.78. The summed E-state index contributed by atoms with van der Waals surface area (Å²) < 4.78 is 18.5. The van der Waals surface area contributed by atoms with E-state index in [1.165, 1.54) is 12.1 Å². The van der Waals surface area contributed by atoms with E-state index in [9.17, 15) is 9.18 Å². The number of hydrogen-bond donors (Lipinski definition) is 2. The molecule has 3 N–H and O–H groups in total. The minimum atomic E-state index is -0.425. The van der Waals surface area contributed by atoms with Crippen LogP contribution in [-0.4, -0.2) is 24.6 Å². The highest BCUT2D eigenvalue weighted by atomic mass is 19.1. The maximum Gasteiger partial charge on any atom is 0.223 e. The van der Waals surface area contributed by atoms with Gasteiger partial charge in [-0.25, -0.2) is 4.39 Å². The molecular weight excluding hydrogens is 259 g/mol. The molecule has 0 unspecified atom stereocenters. The third-order valence-corrected chi connectivity index (χ3v) is 3.47. The van der Waals surface area contributed by atoms with Crippen molar-refractivity contribution >= 4 is 5.91 Å². The molecule has 0 heterocycles. The Kier molecular flexibility index (Phi) is 6.45. The smallest absolute Gasteiger partial charge is 0.223 e. The first-order valence-corrected chi connectivity index (χ1v) is 6.93. The first-order chi connectivity index (χ1) is 9.50. The van der Waals surface area contributed by atoms with Gasteiger partial charge in [0.25, 0.3) is 0 Å². The Hall–Kier alpha value is -1.62. The molecule has 1 aromatic rings. The van der Waals surface area contributed by atoms with E-state index in [4.69, 9.17) is 10.5 Å². The van der Waals surface area contributed by atoms with E-state index in [0.29, 0.717) is 6.54 Å². The van der Waals surface area contributed by atoms with Crippen LogP contribution in [-0.2, 0) is 4.79 Å². The van der Waals surface area contributed by atoms with Gasteiger partial charge in [-0.1, -0.05) is 26.0 Å². The number of hydrogen-bond acceptors (Lipinski definition) is 3. The molecule has 0 saturated heterocycles. The van der Waals surface area contributed by atoms with Crippen LogP contribution < -0.4 is 15.8 Å². The highest BCUT2D eigenvalue weighted by Crippen LogP contribution is 2.15. The zero-order valence-corrected chi connectivity index (χ0v) is 12.1. The average molecular weight is 282 g/mol. The summed E-state index contributed by atoms with van der Waals surface area (Å²) in [6, 6.07) is 6.13. The standard InChI is InChI=1S/C15H23FN2O2/c1-3-15(17,4-2)11-18-14(19)9-10-20-13-8-6-5-7-12(13)16/h5-8H,3-4,9-11,17H2,1-2H3,(H,18,19). The third-order valence-electron chi connectivity index (χ3n) is 3.47. The van der Waals surface area contributed by atoms with Gasteiger partial charge in [0.2, 0.25) is 5.91 Å². The number of carbonyl (C=O) groups is 1. The van der Waals surface area contributed by atoms with Crippen molar-refractivity contribution in [2.75, 3.05) is 13.2 Å². The van der Waals surface area contributed by atoms with Gasteiger partial charge in [0.15, 0.2) is 11.6 Å². The maximum absolute atomic E-state index is 13.3. The minimum absolute atomic E-state index is 0.141. The van der Waals surface area contributed by atoms with E-state index in [1.54, 1.807) is 12.1 Å². The second-order valence-corrected chi connectivity index (χ2v) is 4.88. The van der Waals surface area contributed by atoms with Crippen molar-refractivity contribution in [3.63, 3.8) is 0 Å². The summed E-state index contributed by atoms with van der Waals surface area (Å²) in [4.78, 5) is 11.7. The Morgan fingerprint density at radius 2 is 2.00 bits per heavy atom. The van der Waals surface area contributed by atoms with Gasteiger partial charge in [-0.2, -0.15) is 0 Å². The van der Waals surface area contributed by atoms with Gasteiger partial charge in [-0.15, -0.1) is 0 Å². The molecule has 112 valence electrons. The summed E-state index contributed by atoms with van der Waals surface area (Å²) in [5.41, 5.74) is 5.73. The number of carbonyl (C=O) groups excluding carboxylic acids is 1. The van der Waals surface area contributed by atoms with Crippen LogP contribution in [0.5, 0.6) is 5.75 Å². The second-order valence-electron chi connectivity index (χ2n) is 4.88. The summed E-state index contributed by atoms with van der Waals surface area (Å²) in [5.74, 6) is -0.403. The Morgan fingerprint density at radius 1 is 1.35 bits per heavy atom. The van der Waals surface area contributed by atoms with E-state index in [2.05, 4.69) is 5.32 Å². The molecular formula is C15H23FN2O2. The largest absolute Gasteiger partial charge is 0.490 e. The van der Waals surface area contributed by atoms with Crippen molar-refractivity contribution < 1.29 is 13.9 Å². The predicted molar refractivity (Wildman–Crippen MR) is 77.0 cm³/mol. The first kappa shape index (κ1) is 16.4. The van der Waals surface area contributed by atoms with Crippen LogP contribution in [0.15, 0.2) is 24.3 Å². The van der Waals surface area contributed by atoms with Crippen molar-refractivity contribution in [1.29, 1.82) is 0 Å². The molecule has 1 rings (SSSR count). The van der Waals surface area contributed by atoms with Crippen LogP contribution >= 0.6 is 0 Å². The fraction of sp³-hybridized carbons (Fsp3) is 0.533. The fourth-order valence-corrected chi connectivity index (χ4v) is 1.68. The summed E-state index contributed by atoms with van der Waals surface area (Å²) in [7, 11) is 0. The molecule has 4 nitrogen and oxygen atoms in total. The molecule has 1 aromatic carbocycles. The lowest BCUT2D eigenvalue weighted by Crippen LogP contribution is -2.49. The van der Waals surface area contributed by atoms with Gasteiger partial charge in [-0.05, 0) is 25.0 Å². The lowest BCUT2D eigenvalue weighted by molar-refractivity contribution is -0.121. The minimum Gasteiger partial charge on any atom is -0.490 e. The monoisotopic (exact) mass is 282 g/mol. The fourth-order valence-electron chi connectivity index (χ4n) is 1.68. The molecule has 0 aliphatic rings. The zero-order valence-electron chi connectivity index (χ0n) is 12.1. The number of nitrogens with two attached hydrogens (primary N) is 1. The Balaban J connectivity index is 2.29. The van der Waals surface area contributed by atoms with Crippen LogP contribution in [0.3, 0.4) is 0 Å². The maximum atomic E-state index is 13.3. The molecule has 0 aliphatic carbocycles. The highest BCUT2D eigenvalue weighted by molar-refractivity contribution is 5.76. The van der Waals surface area contributed by atoms with Gasteiger partial charge in [0, 0.05) is 12.1 Å². The molecule has 0 aromatic heterocycles. The normalized spacial score (nSPS) is 11.2. The summed E-state index contributed by atoms with van der Waals surface area (Å²) >= 11 is 0. The van der Waals surface area contributed by atoms with Crippen LogP contribution in [0.2, 0.25) is 0 Å². The van der Waals surface area contributed by atoms with Crippen LogP contribution in [0, 0.1) is 5.82 Å².